The highest BCUT2D eigenvalue weighted by Crippen LogP contribution is 2.35. The van der Waals surface area contributed by atoms with Crippen molar-refractivity contribution in [1.82, 2.24) is 0 Å². The Kier molecular flexibility index (Phi) is 7.53. The molecule has 0 aliphatic carbocycles. The average molecular weight is 450 g/mol. The van der Waals surface area contributed by atoms with Crippen LogP contribution < -0.4 is 4.90 Å². The van der Waals surface area contributed by atoms with E-state index in [-0.39, 0.29) is 6.79 Å². The van der Waals surface area contributed by atoms with E-state index in [2.05, 4.69) is 72.1 Å². The molecule has 4 nitrogen and oxygen atoms in total. The maximum atomic E-state index is 11.4. The lowest BCUT2D eigenvalue weighted by molar-refractivity contribution is -0.152. The molecule has 170 valence electrons. The average Bonchev–Trinajstić information content (AvgIpc) is 2.88. The monoisotopic (exact) mass is 449 g/mol. The van der Waals surface area contributed by atoms with Gasteiger partial charge in [0.15, 0.2) is 6.79 Å². The first-order valence-electron chi connectivity index (χ1n) is 11.1. The van der Waals surface area contributed by atoms with Gasteiger partial charge in [-0.3, -0.25) is 0 Å². The van der Waals surface area contributed by atoms with E-state index in [9.17, 15) is 4.79 Å². The van der Waals surface area contributed by atoms with Crippen LogP contribution in [0.5, 0.6) is 0 Å². The number of ether oxygens (including phenoxy) is 2. The third-order valence-electron chi connectivity index (χ3n) is 5.31. The predicted octanol–water partition coefficient (Wildman–Crippen LogP) is 7.42. The van der Waals surface area contributed by atoms with Gasteiger partial charge in [0, 0.05) is 22.6 Å². The molecule has 0 unspecified atom stereocenters. The van der Waals surface area contributed by atoms with Crippen LogP contribution in [0.4, 0.5) is 17.1 Å². The van der Waals surface area contributed by atoms with Crippen LogP contribution in [0.1, 0.15) is 12.5 Å². The second-order valence-corrected chi connectivity index (χ2v) is 7.93. The van der Waals surface area contributed by atoms with Crippen molar-refractivity contribution in [3.63, 3.8) is 0 Å². The van der Waals surface area contributed by atoms with Crippen LogP contribution in [0.25, 0.3) is 11.1 Å². The highest BCUT2D eigenvalue weighted by atomic mass is 16.7. The van der Waals surface area contributed by atoms with Crippen molar-refractivity contribution >= 4 is 23.0 Å². The van der Waals surface area contributed by atoms with Crippen molar-refractivity contribution in [3.05, 3.63) is 127 Å². The Morgan fingerprint density at radius 1 is 0.735 bits per heavy atom. The molecule has 0 amide bonds. The summed E-state index contributed by atoms with van der Waals surface area (Å²) in [5.74, 6) is -0.450. The number of hydrogen-bond acceptors (Lipinski definition) is 4. The van der Waals surface area contributed by atoms with Crippen molar-refractivity contribution in [2.75, 3.05) is 11.7 Å². The topological polar surface area (TPSA) is 38.8 Å². The van der Waals surface area contributed by atoms with Crippen LogP contribution in [0.2, 0.25) is 0 Å². The molecule has 0 saturated carbocycles. The lowest BCUT2D eigenvalue weighted by Gasteiger charge is -2.25. The Bertz CT molecular complexity index is 1200. The molecule has 4 aromatic carbocycles. The summed E-state index contributed by atoms with van der Waals surface area (Å²) in [5, 5.41) is 0. The van der Waals surface area contributed by atoms with Crippen LogP contribution in [-0.2, 0) is 20.9 Å². The van der Waals surface area contributed by atoms with Crippen LogP contribution >= 0.6 is 0 Å². The van der Waals surface area contributed by atoms with Crippen molar-refractivity contribution in [3.8, 4) is 11.1 Å². The van der Waals surface area contributed by atoms with Gasteiger partial charge in [-0.2, -0.15) is 0 Å². The highest BCUT2D eigenvalue weighted by molar-refractivity contribution is 5.86. The van der Waals surface area contributed by atoms with Crippen LogP contribution in [0, 0.1) is 0 Å². The Balaban J connectivity index is 1.50. The lowest BCUT2D eigenvalue weighted by atomic mass is 10.0. The highest BCUT2D eigenvalue weighted by Gasteiger charge is 2.12. The molecule has 0 spiro atoms. The van der Waals surface area contributed by atoms with E-state index >= 15 is 0 Å². The molecular formula is C30H27NO3. The van der Waals surface area contributed by atoms with Crippen molar-refractivity contribution in [2.45, 2.75) is 13.5 Å². The number of rotatable bonds is 9. The van der Waals surface area contributed by atoms with Crippen molar-refractivity contribution in [2.24, 2.45) is 0 Å². The van der Waals surface area contributed by atoms with Crippen LogP contribution in [0.15, 0.2) is 121 Å². The molecular weight excluding hydrogens is 422 g/mol. The molecule has 34 heavy (non-hydrogen) atoms. The fourth-order valence-corrected chi connectivity index (χ4v) is 3.62. The zero-order chi connectivity index (χ0) is 23.8. The van der Waals surface area contributed by atoms with E-state index in [0.717, 1.165) is 33.8 Å². The lowest BCUT2D eigenvalue weighted by Crippen LogP contribution is -2.09. The fraction of sp³-hybridized carbons (Fsp3) is 0.100. The summed E-state index contributed by atoms with van der Waals surface area (Å²) in [6.07, 6.45) is 0. The van der Waals surface area contributed by atoms with Crippen LogP contribution in [-0.4, -0.2) is 12.8 Å². The Morgan fingerprint density at radius 3 is 1.91 bits per heavy atom. The standard InChI is InChI=1S/C30H27NO3/c1-23(2)30(32)34-22-33-21-24-10-9-11-26(20-24)25-16-18-29(19-17-25)31(27-12-5-3-6-13-27)28-14-7-4-8-15-28/h3-20H,1,21-22H2,2H3. The smallest absolute Gasteiger partial charge is 0.335 e. The Labute approximate surface area is 200 Å². The SMILES string of the molecule is C=C(C)C(=O)OCOCc1cccc(-c2ccc(N(c3ccccc3)c3ccccc3)cc2)c1. The maximum Gasteiger partial charge on any atom is 0.335 e. The molecule has 0 aromatic heterocycles. The molecule has 0 aliphatic heterocycles. The third-order valence-corrected chi connectivity index (χ3v) is 5.31. The van der Waals surface area contributed by atoms with E-state index in [4.69, 9.17) is 9.47 Å². The number of esters is 1. The molecule has 0 fully saturated rings. The molecule has 0 bridgehead atoms. The minimum Gasteiger partial charge on any atom is -0.435 e. The second-order valence-electron chi connectivity index (χ2n) is 7.93. The molecule has 0 radical (unpaired) electrons. The van der Waals surface area contributed by atoms with E-state index in [1.807, 2.05) is 48.5 Å². The largest absolute Gasteiger partial charge is 0.435 e. The second kappa shape index (κ2) is 11.1. The number of para-hydroxylation sites is 2. The first-order valence-corrected chi connectivity index (χ1v) is 11.1. The van der Waals surface area contributed by atoms with E-state index in [0.29, 0.717) is 12.2 Å². The first kappa shape index (κ1) is 23.0. The number of nitrogens with zero attached hydrogens (tertiary/aromatic N) is 1. The predicted molar refractivity (Wildman–Crippen MR) is 137 cm³/mol. The third kappa shape index (κ3) is 5.80. The number of anilines is 3. The molecule has 4 aromatic rings. The van der Waals surface area contributed by atoms with Gasteiger partial charge in [0.1, 0.15) is 0 Å². The molecule has 4 heteroatoms. The minimum absolute atomic E-state index is 0.0978. The molecule has 4 rings (SSSR count). The summed E-state index contributed by atoms with van der Waals surface area (Å²) >= 11 is 0. The number of hydrogen-bond donors (Lipinski definition) is 0. The summed E-state index contributed by atoms with van der Waals surface area (Å²) in [6.45, 7) is 5.42. The summed E-state index contributed by atoms with van der Waals surface area (Å²) in [7, 11) is 0. The molecule has 0 heterocycles. The van der Waals surface area contributed by atoms with Crippen molar-refractivity contribution < 1.29 is 14.3 Å². The number of carbonyl (C=O) groups is 1. The van der Waals surface area contributed by atoms with Crippen LogP contribution in [0.3, 0.4) is 0 Å². The van der Waals surface area contributed by atoms with Gasteiger partial charge in [-0.1, -0.05) is 73.3 Å². The van der Waals surface area contributed by atoms with Gasteiger partial charge in [-0.25, -0.2) is 4.79 Å². The summed E-state index contributed by atoms with van der Waals surface area (Å²) in [4.78, 5) is 13.7. The summed E-state index contributed by atoms with van der Waals surface area (Å²) in [6, 6.07) is 37.4. The molecule has 0 N–H and O–H groups in total. The van der Waals surface area contributed by atoms with Gasteiger partial charge in [0.25, 0.3) is 0 Å². The summed E-state index contributed by atoms with van der Waals surface area (Å²) < 4.78 is 10.5. The van der Waals surface area contributed by atoms with Gasteiger partial charge >= 0.3 is 5.97 Å². The normalized spacial score (nSPS) is 10.5. The quantitative estimate of drug-likeness (QED) is 0.115. The Hall–Kier alpha value is -4.15. The van der Waals surface area contributed by atoms with Gasteiger partial charge in [0.05, 0.1) is 6.61 Å². The van der Waals surface area contributed by atoms with E-state index in [1.165, 1.54) is 0 Å². The molecule has 0 atom stereocenters. The van der Waals surface area contributed by atoms with Gasteiger partial charge < -0.3 is 14.4 Å². The molecule has 0 aliphatic rings. The van der Waals surface area contributed by atoms with Gasteiger partial charge in [-0.05, 0) is 66.1 Å². The van der Waals surface area contributed by atoms with E-state index < -0.39 is 5.97 Å². The fourth-order valence-electron chi connectivity index (χ4n) is 3.62. The maximum absolute atomic E-state index is 11.4. The summed E-state index contributed by atoms with van der Waals surface area (Å²) in [5.41, 5.74) is 6.86. The van der Waals surface area contributed by atoms with E-state index in [1.54, 1.807) is 6.92 Å². The minimum atomic E-state index is -0.450. The van der Waals surface area contributed by atoms with Gasteiger partial charge in [0.2, 0.25) is 0 Å². The molecule has 0 saturated heterocycles. The first-order chi connectivity index (χ1) is 16.6. The van der Waals surface area contributed by atoms with Gasteiger partial charge in [-0.15, -0.1) is 0 Å². The zero-order valence-corrected chi connectivity index (χ0v) is 19.2. The number of benzene rings is 4. The Morgan fingerprint density at radius 2 is 1.32 bits per heavy atom. The van der Waals surface area contributed by atoms with Crippen molar-refractivity contribution in [1.29, 1.82) is 0 Å². The zero-order valence-electron chi connectivity index (χ0n) is 19.2. The number of carbonyl (C=O) groups excluding carboxylic acids is 1.